The number of aromatic nitrogens is 2. The molecule has 3 aromatic rings. The number of fused-ring (bicyclic) bond motifs is 1. The molecule has 1 aliphatic heterocycles. The van der Waals surface area contributed by atoms with Crippen LogP contribution >= 0.6 is 0 Å². The number of pyridine rings is 1. The maximum atomic E-state index is 13.2. The lowest BCUT2D eigenvalue weighted by Crippen LogP contribution is -2.36. The highest BCUT2D eigenvalue weighted by atomic mass is 19.4. The van der Waals surface area contributed by atoms with Crippen LogP contribution in [0.5, 0.6) is 0 Å². The minimum absolute atomic E-state index is 0.0641. The number of carbonyl (C=O) groups is 1. The molecule has 158 valence electrons. The fourth-order valence-electron chi connectivity index (χ4n) is 4.21. The molecule has 2 atom stereocenters. The number of hydrazine groups is 1. The standard InChI is InChI=1S/C21H22F3N5O/c22-21(23,24)19-7-3-6-17(27-19)18(10-20(30)28-25)29-9-8-13(12-29)15-11-26-16-5-2-1-4-14(15)16/h1-7,11,13,18,26H,8-10,12,25H2,(H,28,30). The fourth-order valence-corrected chi connectivity index (χ4v) is 4.21. The Morgan fingerprint density at radius 3 is 2.83 bits per heavy atom. The minimum atomic E-state index is -4.55. The van der Waals surface area contributed by atoms with Gasteiger partial charge in [-0.2, -0.15) is 13.2 Å². The van der Waals surface area contributed by atoms with Crippen molar-refractivity contribution in [3.63, 3.8) is 0 Å². The monoisotopic (exact) mass is 417 g/mol. The third kappa shape index (κ3) is 4.03. The molecule has 1 aromatic carbocycles. The van der Waals surface area contributed by atoms with E-state index in [0.717, 1.165) is 23.4 Å². The second-order valence-electron chi connectivity index (χ2n) is 7.50. The van der Waals surface area contributed by atoms with Gasteiger partial charge in [0.05, 0.1) is 11.7 Å². The molecular weight excluding hydrogens is 395 g/mol. The smallest absolute Gasteiger partial charge is 0.361 e. The van der Waals surface area contributed by atoms with Gasteiger partial charge in [-0.15, -0.1) is 0 Å². The second-order valence-corrected chi connectivity index (χ2v) is 7.50. The van der Waals surface area contributed by atoms with Gasteiger partial charge in [-0.05, 0) is 42.6 Å². The van der Waals surface area contributed by atoms with Gasteiger partial charge >= 0.3 is 6.18 Å². The Labute approximate surface area is 171 Å². The summed E-state index contributed by atoms with van der Waals surface area (Å²) >= 11 is 0. The number of hydrogen-bond acceptors (Lipinski definition) is 4. The van der Waals surface area contributed by atoms with Crippen LogP contribution in [0.2, 0.25) is 0 Å². The molecule has 1 saturated heterocycles. The number of alkyl halides is 3. The van der Waals surface area contributed by atoms with Crippen LogP contribution in [0, 0.1) is 0 Å². The van der Waals surface area contributed by atoms with Crippen LogP contribution in [0.1, 0.15) is 41.8 Å². The summed E-state index contributed by atoms with van der Waals surface area (Å²) in [6.45, 7) is 1.26. The number of rotatable bonds is 5. The van der Waals surface area contributed by atoms with Crippen molar-refractivity contribution >= 4 is 16.8 Å². The molecule has 0 aliphatic carbocycles. The van der Waals surface area contributed by atoms with Gasteiger partial charge in [0.2, 0.25) is 5.91 Å². The third-order valence-electron chi connectivity index (χ3n) is 5.66. The molecule has 9 heteroatoms. The van der Waals surface area contributed by atoms with Crippen molar-refractivity contribution in [3.05, 3.63) is 65.6 Å². The Bertz CT molecular complexity index is 1050. The second kappa shape index (κ2) is 8.08. The first-order chi connectivity index (χ1) is 14.4. The average molecular weight is 417 g/mol. The van der Waals surface area contributed by atoms with E-state index in [0.29, 0.717) is 13.1 Å². The average Bonchev–Trinajstić information content (AvgIpc) is 3.38. The molecular formula is C21H22F3N5O. The third-order valence-corrected chi connectivity index (χ3v) is 5.66. The molecule has 0 saturated carbocycles. The number of likely N-dealkylation sites (tertiary alicyclic amines) is 1. The van der Waals surface area contributed by atoms with E-state index in [1.807, 2.05) is 29.3 Å². The molecule has 0 bridgehead atoms. The summed E-state index contributed by atoms with van der Waals surface area (Å²) in [6, 6.07) is 11.2. The zero-order valence-electron chi connectivity index (χ0n) is 16.1. The number of amides is 1. The van der Waals surface area contributed by atoms with E-state index < -0.39 is 23.8 Å². The number of halogens is 3. The van der Waals surface area contributed by atoms with Crippen molar-refractivity contribution in [3.8, 4) is 0 Å². The Kier molecular flexibility index (Phi) is 5.48. The SMILES string of the molecule is NNC(=O)CC(c1cccc(C(F)(F)F)n1)N1CCC(c2c[nH]c3ccccc23)C1. The van der Waals surface area contributed by atoms with Crippen LogP contribution in [0.15, 0.2) is 48.7 Å². The van der Waals surface area contributed by atoms with Crippen LogP contribution in [0.3, 0.4) is 0 Å². The molecule has 0 radical (unpaired) electrons. The number of para-hydroxylation sites is 1. The summed E-state index contributed by atoms with van der Waals surface area (Å²) in [5.74, 6) is 5.00. The molecule has 30 heavy (non-hydrogen) atoms. The Hall–Kier alpha value is -2.91. The number of nitrogens with two attached hydrogens (primary N) is 1. The van der Waals surface area contributed by atoms with E-state index in [4.69, 9.17) is 5.84 Å². The molecule has 2 aromatic heterocycles. The summed E-state index contributed by atoms with van der Waals surface area (Å²) in [7, 11) is 0. The maximum Gasteiger partial charge on any atom is 0.433 e. The van der Waals surface area contributed by atoms with Gasteiger partial charge in [0.1, 0.15) is 5.69 Å². The van der Waals surface area contributed by atoms with Crippen LogP contribution < -0.4 is 11.3 Å². The van der Waals surface area contributed by atoms with E-state index in [9.17, 15) is 18.0 Å². The van der Waals surface area contributed by atoms with Gasteiger partial charge < -0.3 is 4.98 Å². The first-order valence-corrected chi connectivity index (χ1v) is 9.70. The molecule has 4 rings (SSSR count). The number of hydrogen-bond donors (Lipinski definition) is 3. The lowest BCUT2D eigenvalue weighted by atomic mass is 9.98. The maximum absolute atomic E-state index is 13.2. The summed E-state index contributed by atoms with van der Waals surface area (Å²) in [5, 5.41) is 1.14. The predicted molar refractivity (Wildman–Crippen MR) is 106 cm³/mol. The number of aromatic amines is 1. The molecule has 2 unspecified atom stereocenters. The fraction of sp³-hybridized carbons (Fsp3) is 0.333. The summed E-state index contributed by atoms with van der Waals surface area (Å²) < 4.78 is 39.5. The molecule has 3 heterocycles. The Balaban J connectivity index is 1.62. The summed E-state index contributed by atoms with van der Waals surface area (Å²) in [5.41, 5.74) is 3.54. The number of nitrogens with zero attached hydrogens (tertiary/aromatic N) is 2. The molecule has 0 spiro atoms. The van der Waals surface area contributed by atoms with Gasteiger partial charge in [-0.1, -0.05) is 24.3 Å². The molecule has 6 nitrogen and oxygen atoms in total. The van der Waals surface area contributed by atoms with Gasteiger partial charge in [0, 0.05) is 30.1 Å². The number of nitrogens with one attached hydrogen (secondary N) is 2. The molecule has 1 aliphatic rings. The van der Waals surface area contributed by atoms with E-state index in [1.165, 1.54) is 17.7 Å². The van der Waals surface area contributed by atoms with Gasteiger partial charge in [-0.3, -0.25) is 15.1 Å². The summed E-state index contributed by atoms with van der Waals surface area (Å²) in [6.07, 6.45) is -1.79. The number of H-pyrrole nitrogens is 1. The first kappa shape index (κ1) is 20.4. The Morgan fingerprint density at radius 2 is 2.07 bits per heavy atom. The highest BCUT2D eigenvalue weighted by Gasteiger charge is 2.36. The lowest BCUT2D eigenvalue weighted by molar-refractivity contribution is -0.141. The molecule has 4 N–H and O–H groups in total. The van der Waals surface area contributed by atoms with Crippen molar-refractivity contribution in [2.75, 3.05) is 13.1 Å². The highest BCUT2D eigenvalue weighted by Crippen LogP contribution is 2.37. The number of benzene rings is 1. The quantitative estimate of drug-likeness (QED) is 0.337. The first-order valence-electron chi connectivity index (χ1n) is 9.70. The Morgan fingerprint density at radius 1 is 1.27 bits per heavy atom. The van der Waals surface area contributed by atoms with E-state index in [-0.39, 0.29) is 18.0 Å². The zero-order valence-corrected chi connectivity index (χ0v) is 16.1. The zero-order chi connectivity index (χ0) is 21.3. The van der Waals surface area contributed by atoms with Gasteiger partial charge in [0.15, 0.2) is 0 Å². The van der Waals surface area contributed by atoms with Crippen molar-refractivity contribution in [1.29, 1.82) is 0 Å². The van der Waals surface area contributed by atoms with Crippen molar-refractivity contribution in [2.24, 2.45) is 5.84 Å². The van der Waals surface area contributed by atoms with E-state index in [2.05, 4.69) is 21.5 Å². The van der Waals surface area contributed by atoms with Crippen molar-refractivity contribution < 1.29 is 18.0 Å². The predicted octanol–water partition coefficient (Wildman–Crippen LogP) is 3.49. The van der Waals surface area contributed by atoms with E-state index >= 15 is 0 Å². The minimum Gasteiger partial charge on any atom is -0.361 e. The van der Waals surface area contributed by atoms with Crippen LogP contribution in [-0.4, -0.2) is 33.9 Å². The van der Waals surface area contributed by atoms with Gasteiger partial charge in [0.25, 0.3) is 0 Å². The topological polar surface area (TPSA) is 87.0 Å². The summed E-state index contributed by atoms with van der Waals surface area (Å²) in [4.78, 5) is 21.1. The lowest BCUT2D eigenvalue weighted by Gasteiger charge is -2.27. The van der Waals surface area contributed by atoms with Crippen molar-refractivity contribution in [1.82, 2.24) is 20.3 Å². The molecule has 1 fully saturated rings. The van der Waals surface area contributed by atoms with Crippen LogP contribution in [0.4, 0.5) is 13.2 Å². The van der Waals surface area contributed by atoms with Crippen molar-refractivity contribution in [2.45, 2.75) is 31.0 Å². The normalized spacial score (nSPS) is 18.6. The largest absolute Gasteiger partial charge is 0.433 e. The van der Waals surface area contributed by atoms with E-state index in [1.54, 1.807) is 0 Å². The molecule has 1 amide bonds. The van der Waals surface area contributed by atoms with Crippen LogP contribution in [0.25, 0.3) is 10.9 Å². The highest BCUT2D eigenvalue weighted by molar-refractivity contribution is 5.83. The van der Waals surface area contributed by atoms with Gasteiger partial charge in [-0.25, -0.2) is 10.8 Å². The number of carbonyl (C=O) groups excluding carboxylic acids is 1. The van der Waals surface area contributed by atoms with Crippen LogP contribution in [-0.2, 0) is 11.0 Å².